The Morgan fingerprint density at radius 3 is 2.69 bits per heavy atom. The molecule has 0 atom stereocenters. The standard InChI is InChI=1S/C19H17ClN2O2S2/c1-12-3-6-14(20)10-16(12)21-11-22-18(23)17(26-19(22)25)9-13-4-7-15(24-2)8-5-13/h3-10,21H,11H2,1-2H3. The Labute approximate surface area is 167 Å². The zero-order valence-electron chi connectivity index (χ0n) is 14.3. The van der Waals surface area contributed by atoms with E-state index in [1.54, 1.807) is 12.0 Å². The zero-order valence-corrected chi connectivity index (χ0v) is 16.7. The highest BCUT2D eigenvalue weighted by Crippen LogP contribution is 2.33. The third-order valence-corrected chi connectivity index (χ3v) is 5.53. The van der Waals surface area contributed by atoms with E-state index in [0.717, 1.165) is 22.6 Å². The summed E-state index contributed by atoms with van der Waals surface area (Å²) >= 11 is 12.7. The van der Waals surface area contributed by atoms with E-state index in [-0.39, 0.29) is 5.91 Å². The predicted molar refractivity (Wildman–Crippen MR) is 113 cm³/mol. The van der Waals surface area contributed by atoms with Gasteiger partial charge in [0.1, 0.15) is 10.1 Å². The summed E-state index contributed by atoms with van der Waals surface area (Å²) in [7, 11) is 1.62. The molecule has 1 amide bonds. The van der Waals surface area contributed by atoms with Gasteiger partial charge < -0.3 is 10.1 Å². The van der Waals surface area contributed by atoms with Crippen LogP contribution in [-0.4, -0.2) is 28.9 Å². The Kier molecular flexibility index (Phi) is 5.86. The van der Waals surface area contributed by atoms with Gasteiger partial charge in [0.05, 0.1) is 18.7 Å². The van der Waals surface area contributed by atoms with Crippen molar-refractivity contribution in [3.8, 4) is 5.75 Å². The Morgan fingerprint density at radius 2 is 2.00 bits per heavy atom. The monoisotopic (exact) mass is 404 g/mol. The highest BCUT2D eigenvalue weighted by atomic mass is 35.5. The smallest absolute Gasteiger partial charge is 0.267 e. The molecule has 0 radical (unpaired) electrons. The Bertz CT molecular complexity index is 882. The second-order valence-corrected chi connectivity index (χ2v) is 7.79. The number of thioether (sulfide) groups is 1. The van der Waals surface area contributed by atoms with Gasteiger partial charge in [-0.05, 0) is 48.4 Å². The van der Waals surface area contributed by atoms with Gasteiger partial charge in [0.15, 0.2) is 0 Å². The quantitative estimate of drug-likeness (QED) is 0.565. The van der Waals surface area contributed by atoms with Crippen LogP contribution in [0.15, 0.2) is 47.4 Å². The number of halogens is 1. The van der Waals surface area contributed by atoms with Gasteiger partial charge >= 0.3 is 0 Å². The highest BCUT2D eigenvalue weighted by Gasteiger charge is 2.31. The summed E-state index contributed by atoms with van der Waals surface area (Å²) in [6, 6.07) is 13.1. The number of carbonyl (C=O) groups excluding carboxylic acids is 1. The Hall–Kier alpha value is -2.02. The van der Waals surface area contributed by atoms with Crippen LogP contribution in [0.5, 0.6) is 5.75 Å². The second-order valence-electron chi connectivity index (χ2n) is 5.68. The fourth-order valence-electron chi connectivity index (χ4n) is 2.44. The lowest BCUT2D eigenvalue weighted by Gasteiger charge is -2.17. The van der Waals surface area contributed by atoms with Crippen LogP contribution in [-0.2, 0) is 4.79 Å². The summed E-state index contributed by atoms with van der Waals surface area (Å²) in [5.74, 6) is 0.666. The molecule has 0 saturated carbocycles. The molecule has 1 fully saturated rings. The van der Waals surface area contributed by atoms with Crippen molar-refractivity contribution in [3.63, 3.8) is 0 Å². The zero-order chi connectivity index (χ0) is 18.7. The van der Waals surface area contributed by atoms with Crippen molar-refractivity contribution in [3.05, 3.63) is 63.5 Å². The van der Waals surface area contributed by atoms with Crippen LogP contribution < -0.4 is 10.1 Å². The number of benzene rings is 2. The molecule has 0 spiro atoms. The summed E-state index contributed by atoms with van der Waals surface area (Å²) in [5.41, 5.74) is 2.85. The minimum Gasteiger partial charge on any atom is -0.497 e. The minimum absolute atomic E-state index is 0.108. The van der Waals surface area contributed by atoms with Crippen molar-refractivity contribution in [2.24, 2.45) is 0 Å². The molecule has 0 unspecified atom stereocenters. The summed E-state index contributed by atoms with van der Waals surface area (Å²) in [6.07, 6.45) is 1.84. The fourth-order valence-corrected chi connectivity index (χ4v) is 3.86. The van der Waals surface area contributed by atoms with Gasteiger partial charge in [-0.2, -0.15) is 0 Å². The summed E-state index contributed by atoms with van der Waals surface area (Å²) in [5, 5.41) is 3.87. The molecule has 1 N–H and O–H groups in total. The van der Waals surface area contributed by atoms with Gasteiger partial charge in [-0.3, -0.25) is 9.69 Å². The van der Waals surface area contributed by atoms with Crippen LogP contribution in [0.2, 0.25) is 5.02 Å². The number of aryl methyl sites for hydroxylation is 1. The van der Waals surface area contributed by atoms with Crippen LogP contribution in [0.25, 0.3) is 6.08 Å². The van der Waals surface area contributed by atoms with E-state index >= 15 is 0 Å². The summed E-state index contributed by atoms with van der Waals surface area (Å²) < 4.78 is 5.68. The minimum atomic E-state index is -0.108. The second kappa shape index (κ2) is 8.12. The first-order valence-corrected chi connectivity index (χ1v) is 9.47. The van der Waals surface area contributed by atoms with E-state index in [2.05, 4.69) is 5.32 Å². The first kappa shape index (κ1) is 18.8. The van der Waals surface area contributed by atoms with Crippen molar-refractivity contribution < 1.29 is 9.53 Å². The maximum absolute atomic E-state index is 12.7. The first-order valence-electron chi connectivity index (χ1n) is 7.87. The molecular weight excluding hydrogens is 388 g/mol. The van der Waals surface area contributed by atoms with Crippen LogP contribution >= 0.6 is 35.6 Å². The van der Waals surface area contributed by atoms with E-state index in [1.807, 2.05) is 55.5 Å². The van der Waals surface area contributed by atoms with Gasteiger partial charge in [-0.1, -0.05) is 53.8 Å². The first-order chi connectivity index (χ1) is 12.5. The number of hydrogen-bond donors (Lipinski definition) is 1. The van der Waals surface area contributed by atoms with E-state index in [0.29, 0.717) is 20.9 Å². The molecule has 134 valence electrons. The number of methoxy groups -OCH3 is 1. The van der Waals surface area contributed by atoms with Gasteiger partial charge in [-0.15, -0.1) is 0 Å². The number of nitrogens with one attached hydrogen (secondary N) is 1. The van der Waals surface area contributed by atoms with Crippen LogP contribution in [0.4, 0.5) is 5.69 Å². The number of ether oxygens (including phenoxy) is 1. The van der Waals surface area contributed by atoms with Crippen molar-refractivity contribution in [1.29, 1.82) is 0 Å². The third kappa shape index (κ3) is 4.20. The molecule has 3 rings (SSSR count). The fraction of sp³-hybridized carbons (Fsp3) is 0.158. The summed E-state index contributed by atoms with van der Waals surface area (Å²) in [6.45, 7) is 2.28. The van der Waals surface area contributed by atoms with Gasteiger partial charge in [0.25, 0.3) is 5.91 Å². The molecular formula is C19H17ClN2O2S2. The van der Waals surface area contributed by atoms with Gasteiger partial charge in [-0.25, -0.2) is 0 Å². The predicted octanol–water partition coefficient (Wildman–Crippen LogP) is 4.93. The molecule has 26 heavy (non-hydrogen) atoms. The van der Waals surface area contributed by atoms with Crippen LogP contribution in [0.3, 0.4) is 0 Å². The number of thiocarbonyl (C=S) groups is 1. The number of amides is 1. The number of hydrogen-bond acceptors (Lipinski definition) is 5. The molecule has 0 aliphatic carbocycles. The molecule has 4 nitrogen and oxygen atoms in total. The Balaban J connectivity index is 1.72. The van der Waals surface area contributed by atoms with Gasteiger partial charge in [0, 0.05) is 10.7 Å². The molecule has 1 aliphatic heterocycles. The largest absolute Gasteiger partial charge is 0.497 e. The highest BCUT2D eigenvalue weighted by molar-refractivity contribution is 8.26. The van der Waals surface area contributed by atoms with E-state index in [1.165, 1.54) is 11.8 Å². The molecule has 1 aliphatic rings. The number of carbonyl (C=O) groups is 1. The lowest BCUT2D eigenvalue weighted by molar-refractivity contribution is -0.121. The van der Waals surface area contributed by atoms with Crippen molar-refractivity contribution in [2.45, 2.75) is 6.92 Å². The van der Waals surface area contributed by atoms with E-state index in [4.69, 9.17) is 28.6 Å². The number of anilines is 1. The summed E-state index contributed by atoms with van der Waals surface area (Å²) in [4.78, 5) is 14.8. The number of nitrogens with zero attached hydrogens (tertiary/aromatic N) is 1. The molecule has 0 bridgehead atoms. The third-order valence-electron chi connectivity index (χ3n) is 3.91. The van der Waals surface area contributed by atoms with Crippen LogP contribution in [0.1, 0.15) is 11.1 Å². The molecule has 2 aromatic rings. The molecule has 7 heteroatoms. The van der Waals surface area contributed by atoms with Crippen molar-refractivity contribution >= 4 is 57.6 Å². The van der Waals surface area contributed by atoms with Crippen molar-refractivity contribution in [1.82, 2.24) is 4.90 Å². The maximum Gasteiger partial charge on any atom is 0.267 e. The topological polar surface area (TPSA) is 41.6 Å². The van der Waals surface area contributed by atoms with E-state index in [9.17, 15) is 4.79 Å². The van der Waals surface area contributed by atoms with Gasteiger partial charge in [0.2, 0.25) is 0 Å². The van der Waals surface area contributed by atoms with Crippen LogP contribution in [0, 0.1) is 6.92 Å². The lowest BCUT2D eigenvalue weighted by atomic mass is 10.2. The lowest BCUT2D eigenvalue weighted by Crippen LogP contribution is -2.33. The molecule has 1 heterocycles. The Morgan fingerprint density at radius 1 is 1.27 bits per heavy atom. The average Bonchev–Trinajstić information content (AvgIpc) is 2.90. The average molecular weight is 405 g/mol. The van der Waals surface area contributed by atoms with E-state index < -0.39 is 0 Å². The molecule has 0 aromatic heterocycles. The number of rotatable bonds is 5. The normalized spacial score (nSPS) is 15.7. The SMILES string of the molecule is COc1ccc(C=C2SC(=S)N(CNc3cc(Cl)ccc3C)C2=O)cc1. The van der Waals surface area contributed by atoms with Crippen molar-refractivity contribution in [2.75, 3.05) is 19.1 Å². The maximum atomic E-state index is 12.7. The molecule has 1 saturated heterocycles. The molecule has 2 aromatic carbocycles.